The Kier molecular flexibility index (Phi) is 7.38. The van der Waals surface area contributed by atoms with Gasteiger partial charge < -0.3 is 14.5 Å². The minimum absolute atomic E-state index is 0.0596. The highest BCUT2D eigenvalue weighted by atomic mass is 32.2. The van der Waals surface area contributed by atoms with Crippen LogP contribution in [0.5, 0.6) is 5.75 Å². The molecule has 178 valence electrons. The summed E-state index contributed by atoms with van der Waals surface area (Å²) in [6, 6.07) is 6.06. The predicted octanol–water partition coefficient (Wildman–Crippen LogP) is 1.83. The van der Waals surface area contributed by atoms with E-state index >= 15 is 0 Å². The Hall–Kier alpha value is -2.98. The molecule has 0 atom stereocenters. The molecule has 0 radical (unpaired) electrons. The highest BCUT2D eigenvalue weighted by molar-refractivity contribution is 7.89. The topological polar surface area (TPSA) is 100 Å². The van der Waals surface area contributed by atoms with Gasteiger partial charge in [0.2, 0.25) is 15.9 Å². The number of carbonyl (C=O) groups excluding carboxylic acids is 2. The van der Waals surface area contributed by atoms with E-state index in [0.29, 0.717) is 18.8 Å². The summed E-state index contributed by atoms with van der Waals surface area (Å²) in [6.45, 7) is 6.67. The number of methoxy groups -OCH3 is 1. The first-order chi connectivity index (χ1) is 15.6. The number of amides is 2. The van der Waals surface area contributed by atoms with Crippen LogP contribution in [-0.4, -0.2) is 79.7 Å². The van der Waals surface area contributed by atoms with E-state index in [2.05, 4.69) is 4.98 Å². The fraction of sp³-hybridized carbons (Fsp3) is 0.435. The summed E-state index contributed by atoms with van der Waals surface area (Å²) in [7, 11) is -0.529. The van der Waals surface area contributed by atoms with Crippen LogP contribution in [0.2, 0.25) is 0 Å². The van der Waals surface area contributed by atoms with Crippen molar-refractivity contribution in [3.63, 3.8) is 0 Å². The molecule has 9 nitrogen and oxygen atoms in total. The van der Waals surface area contributed by atoms with Gasteiger partial charge in [0.05, 0.1) is 24.2 Å². The maximum atomic E-state index is 13.1. The van der Waals surface area contributed by atoms with Crippen molar-refractivity contribution in [1.82, 2.24) is 19.1 Å². The summed E-state index contributed by atoms with van der Waals surface area (Å²) >= 11 is 0. The Morgan fingerprint density at radius 2 is 1.82 bits per heavy atom. The average Bonchev–Trinajstić information content (AvgIpc) is 2.80. The number of benzene rings is 1. The molecule has 2 heterocycles. The van der Waals surface area contributed by atoms with Gasteiger partial charge in [-0.2, -0.15) is 4.31 Å². The zero-order valence-electron chi connectivity index (χ0n) is 19.7. The molecule has 1 aliphatic heterocycles. The third-order valence-electron chi connectivity index (χ3n) is 5.89. The van der Waals surface area contributed by atoms with Gasteiger partial charge in [-0.05, 0) is 32.0 Å². The summed E-state index contributed by atoms with van der Waals surface area (Å²) in [5, 5.41) is 0. The van der Waals surface area contributed by atoms with Crippen LogP contribution in [0.25, 0.3) is 0 Å². The van der Waals surface area contributed by atoms with Gasteiger partial charge in [-0.3, -0.25) is 14.6 Å². The van der Waals surface area contributed by atoms with E-state index in [1.807, 2.05) is 13.8 Å². The van der Waals surface area contributed by atoms with Gasteiger partial charge >= 0.3 is 0 Å². The number of sulfonamides is 1. The van der Waals surface area contributed by atoms with Crippen molar-refractivity contribution in [2.24, 2.45) is 0 Å². The van der Waals surface area contributed by atoms with Gasteiger partial charge in [0, 0.05) is 63.0 Å². The molecule has 2 aromatic rings. The highest BCUT2D eigenvalue weighted by Crippen LogP contribution is 2.25. The van der Waals surface area contributed by atoms with Crippen LogP contribution in [0.15, 0.2) is 35.4 Å². The Morgan fingerprint density at radius 3 is 2.42 bits per heavy atom. The maximum absolute atomic E-state index is 13.1. The molecule has 0 saturated carbocycles. The molecule has 2 amide bonds. The van der Waals surface area contributed by atoms with E-state index in [0.717, 1.165) is 16.9 Å². The molecule has 33 heavy (non-hydrogen) atoms. The number of carbonyl (C=O) groups is 2. The fourth-order valence-corrected chi connectivity index (χ4v) is 5.40. The minimum Gasteiger partial charge on any atom is -0.496 e. The normalized spacial score (nSPS) is 14.8. The van der Waals surface area contributed by atoms with Crippen LogP contribution in [-0.2, 0) is 21.4 Å². The number of hydrogen-bond acceptors (Lipinski definition) is 6. The van der Waals surface area contributed by atoms with Gasteiger partial charge in [-0.25, -0.2) is 8.42 Å². The first kappa shape index (κ1) is 24.7. The van der Waals surface area contributed by atoms with Gasteiger partial charge in [0.25, 0.3) is 5.91 Å². The molecule has 1 aromatic heterocycles. The SMILES string of the molecule is COc1c(C)cnc(CN(C)C(=O)c2cccc(S(=O)(=O)N3CCN(C(C)=O)CC3)c2)c1C. The molecule has 1 fully saturated rings. The van der Waals surface area contributed by atoms with E-state index in [1.165, 1.54) is 28.3 Å². The summed E-state index contributed by atoms with van der Waals surface area (Å²) in [5.41, 5.74) is 2.76. The average molecular weight is 475 g/mol. The Bertz CT molecular complexity index is 1160. The molecule has 1 aromatic carbocycles. The Morgan fingerprint density at radius 1 is 1.15 bits per heavy atom. The predicted molar refractivity (Wildman–Crippen MR) is 124 cm³/mol. The van der Waals surface area contributed by atoms with E-state index in [1.54, 1.807) is 37.4 Å². The van der Waals surface area contributed by atoms with Crippen molar-refractivity contribution in [3.8, 4) is 5.75 Å². The smallest absolute Gasteiger partial charge is 0.253 e. The van der Waals surface area contributed by atoms with E-state index in [4.69, 9.17) is 4.74 Å². The molecule has 0 N–H and O–H groups in total. The second-order valence-corrected chi connectivity index (χ2v) is 10.1. The van der Waals surface area contributed by atoms with Crippen LogP contribution < -0.4 is 4.74 Å². The molecule has 1 saturated heterocycles. The Balaban J connectivity index is 1.77. The lowest BCUT2D eigenvalue weighted by atomic mass is 10.1. The lowest BCUT2D eigenvalue weighted by molar-refractivity contribution is -0.129. The van der Waals surface area contributed by atoms with Gasteiger partial charge in [-0.1, -0.05) is 6.07 Å². The monoisotopic (exact) mass is 474 g/mol. The first-order valence-corrected chi connectivity index (χ1v) is 12.1. The second-order valence-electron chi connectivity index (χ2n) is 8.15. The van der Waals surface area contributed by atoms with E-state index < -0.39 is 10.0 Å². The van der Waals surface area contributed by atoms with Crippen molar-refractivity contribution >= 4 is 21.8 Å². The second kappa shape index (κ2) is 9.88. The zero-order valence-corrected chi connectivity index (χ0v) is 20.5. The molecular formula is C23H30N4O5S. The fourth-order valence-electron chi connectivity index (χ4n) is 3.93. The van der Waals surface area contributed by atoms with Crippen LogP contribution in [0.3, 0.4) is 0 Å². The Labute approximate surface area is 195 Å². The van der Waals surface area contributed by atoms with Crippen molar-refractivity contribution in [1.29, 1.82) is 0 Å². The number of ether oxygens (including phenoxy) is 1. The molecular weight excluding hydrogens is 444 g/mol. The zero-order chi connectivity index (χ0) is 24.3. The van der Waals surface area contributed by atoms with Crippen molar-refractivity contribution in [2.45, 2.75) is 32.2 Å². The molecule has 0 spiro atoms. The van der Waals surface area contributed by atoms with Crippen molar-refractivity contribution in [2.75, 3.05) is 40.3 Å². The number of piperazine rings is 1. The molecule has 10 heteroatoms. The number of hydrogen-bond donors (Lipinski definition) is 0. The molecule has 0 unspecified atom stereocenters. The first-order valence-electron chi connectivity index (χ1n) is 10.7. The number of nitrogens with zero attached hydrogens (tertiary/aromatic N) is 4. The van der Waals surface area contributed by atoms with E-state index in [9.17, 15) is 18.0 Å². The lowest BCUT2D eigenvalue weighted by Crippen LogP contribution is -2.49. The summed E-state index contributed by atoms with van der Waals surface area (Å²) in [6.07, 6.45) is 1.71. The lowest BCUT2D eigenvalue weighted by Gasteiger charge is -2.33. The molecule has 0 aliphatic carbocycles. The van der Waals surface area contributed by atoms with Gasteiger partial charge in [0.1, 0.15) is 5.75 Å². The van der Waals surface area contributed by atoms with Crippen LogP contribution in [0.1, 0.15) is 34.1 Å². The summed E-state index contributed by atoms with van der Waals surface area (Å²) in [4.78, 5) is 32.2. The standard InChI is InChI=1S/C23H30N4O5S/c1-16-14-24-21(17(2)22(16)32-5)15-25(4)23(29)19-7-6-8-20(13-19)33(30,31)27-11-9-26(10-12-27)18(3)28/h6-8,13-14H,9-12,15H2,1-5H3. The maximum Gasteiger partial charge on any atom is 0.253 e. The van der Waals surface area contributed by atoms with Crippen molar-refractivity contribution in [3.05, 3.63) is 52.8 Å². The number of rotatable bonds is 6. The number of aryl methyl sites for hydroxylation is 1. The third-order valence-corrected chi connectivity index (χ3v) is 7.78. The highest BCUT2D eigenvalue weighted by Gasteiger charge is 2.30. The quantitative estimate of drug-likeness (QED) is 0.633. The number of aromatic nitrogens is 1. The van der Waals surface area contributed by atoms with Crippen molar-refractivity contribution < 1.29 is 22.7 Å². The molecule has 3 rings (SSSR count). The van der Waals surface area contributed by atoms with Crippen LogP contribution in [0, 0.1) is 13.8 Å². The molecule has 0 bridgehead atoms. The van der Waals surface area contributed by atoms with Gasteiger partial charge in [0.15, 0.2) is 0 Å². The van der Waals surface area contributed by atoms with Crippen LogP contribution >= 0.6 is 0 Å². The molecule has 1 aliphatic rings. The summed E-state index contributed by atoms with van der Waals surface area (Å²) < 4.78 is 33.0. The van der Waals surface area contributed by atoms with Gasteiger partial charge in [-0.15, -0.1) is 0 Å². The summed E-state index contributed by atoms with van der Waals surface area (Å²) in [5.74, 6) is 0.353. The largest absolute Gasteiger partial charge is 0.496 e. The van der Waals surface area contributed by atoms with Crippen LogP contribution in [0.4, 0.5) is 0 Å². The third kappa shape index (κ3) is 5.17. The minimum atomic E-state index is -3.78. The number of pyridine rings is 1. The van der Waals surface area contributed by atoms with E-state index in [-0.39, 0.29) is 41.9 Å².